The molecule has 1 amide bonds. The van der Waals surface area contributed by atoms with E-state index in [1.165, 1.54) is 25.7 Å². The van der Waals surface area contributed by atoms with Crippen molar-refractivity contribution in [3.63, 3.8) is 0 Å². The largest absolute Gasteiger partial charge is 0.495 e. The van der Waals surface area contributed by atoms with Gasteiger partial charge < -0.3 is 10.1 Å². The van der Waals surface area contributed by atoms with Gasteiger partial charge in [0.15, 0.2) is 0 Å². The molecule has 2 rings (SSSR count). The van der Waals surface area contributed by atoms with Crippen LogP contribution in [0.25, 0.3) is 0 Å². The number of anilines is 2. The van der Waals surface area contributed by atoms with Crippen molar-refractivity contribution in [2.45, 2.75) is 39.2 Å². The van der Waals surface area contributed by atoms with Gasteiger partial charge in [0.1, 0.15) is 11.8 Å². The van der Waals surface area contributed by atoms with Crippen molar-refractivity contribution in [1.29, 1.82) is 0 Å². The van der Waals surface area contributed by atoms with Gasteiger partial charge in [-0.2, -0.15) is 0 Å². The molecule has 29 heavy (non-hydrogen) atoms. The molecule has 0 unspecified atom stereocenters. The molecule has 1 N–H and O–H groups in total. The van der Waals surface area contributed by atoms with Crippen LogP contribution in [0.15, 0.2) is 42.5 Å². The maximum Gasteiger partial charge on any atom is 0.247 e. The third-order valence-corrected chi connectivity index (χ3v) is 6.06. The molecule has 1 atom stereocenters. The number of methoxy groups -OCH3 is 1. The summed E-state index contributed by atoms with van der Waals surface area (Å²) >= 11 is 6.14. The average molecular weight is 439 g/mol. The summed E-state index contributed by atoms with van der Waals surface area (Å²) in [5.74, 6) is -0.0205. The van der Waals surface area contributed by atoms with Crippen molar-refractivity contribution in [2.24, 2.45) is 0 Å². The summed E-state index contributed by atoms with van der Waals surface area (Å²) in [6.07, 6.45) is 4.27. The third kappa shape index (κ3) is 6.11. The van der Waals surface area contributed by atoms with Crippen LogP contribution in [0.1, 0.15) is 32.3 Å². The molecular formula is C21H27ClN2O4S. The number of amides is 1. The number of nitrogens with one attached hydrogen (secondary N) is 1. The van der Waals surface area contributed by atoms with E-state index in [1.807, 2.05) is 24.3 Å². The maximum absolute atomic E-state index is 12.8. The molecule has 8 heteroatoms. The molecule has 0 saturated carbocycles. The highest BCUT2D eigenvalue weighted by atomic mass is 35.5. The van der Waals surface area contributed by atoms with Crippen LogP contribution in [0.3, 0.4) is 0 Å². The van der Waals surface area contributed by atoms with E-state index in [0.717, 1.165) is 29.8 Å². The molecule has 0 spiro atoms. The van der Waals surface area contributed by atoms with Crippen molar-refractivity contribution in [3.05, 3.63) is 53.1 Å². The molecule has 0 saturated heterocycles. The molecule has 6 nitrogen and oxygen atoms in total. The summed E-state index contributed by atoms with van der Waals surface area (Å²) in [6, 6.07) is 11.2. The van der Waals surface area contributed by atoms with Crippen LogP contribution in [0.2, 0.25) is 5.02 Å². The first-order valence-electron chi connectivity index (χ1n) is 9.40. The van der Waals surface area contributed by atoms with Crippen LogP contribution >= 0.6 is 11.6 Å². The van der Waals surface area contributed by atoms with E-state index in [1.54, 1.807) is 12.1 Å². The van der Waals surface area contributed by atoms with E-state index < -0.39 is 22.0 Å². The number of unbranched alkanes of at least 4 members (excludes halogenated alkanes) is 1. The molecule has 158 valence electrons. The van der Waals surface area contributed by atoms with E-state index in [0.29, 0.717) is 11.4 Å². The molecule has 0 fully saturated rings. The van der Waals surface area contributed by atoms with Crippen molar-refractivity contribution in [3.8, 4) is 5.75 Å². The zero-order valence-corrected chi connectivity index (χ0v) is 18.7. The highest BCUT2D eigenvalue weighted by Gasteiger charge is 2.29. The number of halogens is 1. The van der Waals surface area contributed by atoms with Crippen LogP contribution in [0.4, 0.5) is 11.4 Å². The quantitative estimate of drug-likeness (QED) is 0.626. The predicted octanol–water partition coefficient (Wildman–Crippen LogP) is 4.48. The molecular weight excluding hydrogens is 412 g/mol. The van der Waals surface area contributed by atoms with Crippen molar-refractivity contribution in [1.82, 2.24) is 0 Å². The van der Waals surface area contributed by atoms with E-state index in [2.05, 4.69) is 12.2 Å². The fourth-order valence-electron chi connectivity index (χ4n) is 2.98. The lowest BCUT2D eigenvalue weighted by Crippen LogP contribution is -2.45. The van der Waals surface area contributed by atoms with Gasteiger partial charge in [-0.05, 0) is 55.7 Å². The molecule has 0 radical (unpaired) electrons. The lowest BCUT2D eigenvalue weighted by atomic mass is 10.1. The SMILES string of the molecule is CCCCc1ccc(NC(=O)[C@H](C)N(c2ccc(OC)c(Cl)c2)S(C)(=O)=O)cc1. The van der Waals surface area contributed by atoms with Crippen molar-refractivity contribution >= 4 is 38.9 Å². The predicted molar refractivity (Wildman–Crippen MR) is 118 cm³/mol. The van der Waals surface area contributed by atoms with Crippen molar-refractivity contribution < 1.29 is 17.9 Å². The number of ether oxygens (including phenoxy) is 1. The number of rotatable bonds is 9. The van der Waals surface area contributed by atoms with Gasteiger partial charge >= 0.3 is 0 Å². The van der Waals surface area contributed by atoms with Gasteiger partial charge in [-0.25, -0.2) is 8.42 Å². The highest BCUT2D eigenvalue weighted by molar-refractivity contribution is 7.92. The summed E-state index contributed by atoms with van der Waals surface area (Å²) in [5, 5.41) is 3.04. The van der Waals surface area contributed by atoms with Crippen LogP contribution < -0.4 is 14.4 Å². The Balaban J connectivity index is 2.22. The van der Waals surface area contributed by atoms with Crippen LogP contribution in [-0.4, -0.2) is 33.7 Å². The smallest absolute Gasteiger partial charge is 0.247 e. The van der Waals surface area contributed by atoms with Gasteiger partial charge in [0.25, 0.3) is 0 Å². The van der Waals surface area contributed by atoms with E-state index in [-0.39, 0.29) is 10.7 Å². The topological polar surface area (TPSA) is 75.7 Å². The third-order valence-electron chi connectivity index (χ3n) is 4.52. The summed E-state index contributed by atoms with van der Waals surface area (Å²) < 4.78 is 31.0. The minimum atomic E-state index is -3.73. The van der Waals surface area contributed by atoms with E-state index in [4.69, 9.17) is 16.3 Å². The lowest BCUT2D eigenvalue weighted by molar-refractivity contribution is -0.116. The number of hydrogen-bond acceptors (Lipinski definition) is 4. The fourth-order valence-corrected chi connectivity index (χ4v) is 4.40. The van der Waals surface area contributed by atoms with Gasteiger partial charge in [0.2, 0.25) is 15.9 Å². The highest BCUT2D eigenvalue weighted by Crippen LogP contribution is 2.31. The van der Waals surface area contributed by atoms with Crippen LogP contribution in [0.5, 0.6) is 5.75 Å². The first kappa shape index (κ1) is 23.0. The number of aryl methyl sites for hydroxylation is 1. The molecule has 0 aromatic heterocycles. The second-order valence-electron chi connectivity index (χ2n) is 6.84. The molecule has 0 aliphatic heterocycles. The summed E-state index contributed by atoms with van der Waals surface area (Å²) in [4.78, 5) is 12.8. The zero-order valence-electron chi connectivity index (χ0n) is 17.1. The van der Waals surface area contributed by atoms with Gasteiger partial charge in [-0.3, -0.25) is 9.10 Å². The Morgan fingerprint density at radius 2 is 1.86 bits per heavy atom. The molecule has 0 aliphatic rings. The number of benzene rings is 2. The summed E-state index contributed by atoms with van der Waals surface area (Å²) in [7, 11) is -2.26. The Kier molecular flexibility index (Phi) is 7.93. The van der Waals surface area contributed by atoms with Crippen LogP contribution in [0, 0.1) is 0 Å². The Morgan fingerprint density at radius 1 is 1.21 bits per heavy atom. The lowest BCUT2D eigenvalue weighted by Gasteiger charge is -2.28. The summed E-state index contributed by atoms with van der Waals surface area (Å²) in [6.45, 7) is 3.67. The van der Waals surface area contributed by atoms with Gasteiger partial charge in [-0.1, -0.05) is 37.1 Å². The monoisotopic (exact) mass is 438 g/mol. The Morgan fingerprint density at radius 3 is 2.38 bits per heavy atom. The van der Waals surface area contributed by atoms with E-state index in [9.17, 15) is 13.2 Å². The van der Waals surface area contributed by atoms with Crippen molar-refractivity contribution in [2.75, 3.05) is 23.0 Å². The number of carbonyl (C=O) groups excluding carboxylic acids is 1. The zero-order chi connectivity index (χ0) is 21.6. The standard InChI is InChI=1S/C21H27ClN2O4S/c1-5-6-7-16-8-10-17(11-9-16)23-21(25)15(2)24(29(4,26)27)18-12-13-20(28-3)19(22)14-18/h8-15H,5-7H2,1-4H3,(H,23,25)/t15-/m0/s1. The van der Waals surface area contributed by atoms with Crippen LogP contribution in [-0.2, 0) is 21.2 Å². The minimum absolute atomic E-state index is 0.258. The number of hydrogen-bond donors (Lipinski definition) is 1. The number of nitrogens with zero attached hydrogens (tertiary/aromatic N) is 1. The molecule has 0 aliphatic carbocycles. The maximum atomic E-state index is 12.8. The Bertz CT molecular complexity index is 946. The average Bonchev–Trinajstić information content (AvgIpc) is 2.66. The first-order valence-corrected chi connectivity index (χ1v) is 11.6. The van der Waals surface area contributed by atoms with E-state index >= 15 is 0 Å². The van der Waals surface area contributed by atoms with Gasteiger partial charge in [0, 0.05) is 5.69 Å². The second kappa shape index (κ2) is 9.98. The molecule has 2 aromatic rings. The number of sulfonamides is 1. The second-order valence-corrected chi connectivity index (χ2v) is 9.11. The number of carbonyl (C=O) groups is 1. The fraction of sp³-hybridized carbons (Fsp3) is 0.381. The van der Waals surface area contributed by atoms with Gasteiger partial charge in [0.05, 0.1) is 24.1 Å². The van der Waals surface area contributed by atoms with Gasteiger partial charge in [-0.15, -0.1) is 0 Å². The molecule has 0 heterocycles. The molecule has 0 bridgehead atoms. The molecule has 2 aromatic carbocycles. The Labute approximate surface area is 177 Å². The normalized spacial score (nSPS) is 12.3. The first-order chi connectivity index (χ1) is 13.7. The minimum Gasteiger partial charge on any atom is -0.495 e. The summed E-state index contributed by atoms with van der Waals surface area (Å²) in [5.41, 5.74) is 2.10. The Hall–Kier alpha value is -2.25.